The van der Waals surface area contributed by atoms with Crippen molar-refractivity contribution in [3.05, 3.63) is 24.4 Å². The summed E-state index contributed by atoms with van der Waals surface area (Å²) in [6.45, 7) is 9.25. The number of methoxy groups -OCH3 is 1. The molecule has 2 heterocycles. The lowest BCUT2D eigenvalue weighted by atomic mass is 10.3. The van der Waals surface area contributed by atoms with Gasteiger partial charge >= 0.3 is 0 Å². The minimum atomic E-state index is 0. The second-order valence-corrected chi connectivity index (χ2v) is 5.50. The molecule has 142 valence electrons. The molecule has 0 radical (unpaired) electrons. The number of halogens is 1. The van der Waals surface area contributed by atoms with Crippen LogP contribution in [0.1, 0.15) is 6.92 Å². The van der Waals surface area contributed by atoms with E-state index in [1.165, 1.54) is 0 Å². The maximum atomic E-state index is 5.47. The molecule has 0 amide bonds. The van der Waals surface area contributed by atoms with Crippen molar-refractivity contribution >= 4 is 35.8 Å². The van der Waals surface area contributed by atoms with Crippen molar-refractivity contribution in [3.63, 3.8) is 0 Å². The molecule has 8 heteroatoms. The highest BCUT2D eigenvalue weighted by Gasteiger charge is 2.20. The SMILES string of the molecule is CCNC(=NCCOCCOC)N1CCN(c2ccccn2)CC1.I. The second-order valence-electron chi connectivity index (χ2n) is 5.50. The zero-order chi connectivity index (χ0) is 17.0. The van der Waals surface area contributed by atoms with E-state index in [-0.39, 0.29) is 24.0 Å². The van der Waals surface area contributed by atoms with Gasteiger partial charge in [0.1, 0.15) is 5.82 Å². The zero-order valence-electron chi connectivity index (χ0n) is 15.2. The number of ether oxygens (including phenoxy) is 2. The molecule has 2 rings (SSSR count). The quantitative estimate of drug-likeness (QED) is 0.273. The Balaban J connectivity index is 0.00000312. The lowest BCUT2D eigenvalue weighted by Gasteiger charge is -2.37. The number of nitrogens with zero attached hydrogens (tertiary/aromatic N) is 4. The molecule has 1 fully saturated rings. The standard InChI is InChI=1S/C17H29N5O2.HI/c1-3-18-17(20-8-13-24-15-14-23-2)22-11-9-21(10-12-22)16-6-4-5-7-19-16;/h4-7H,3,8-15H2,1-2H3,(H,18,20);1H. The van der Waals surface area contributed by atoms with Gasteiger partial charge in [0.05, 0.1) is 26.4 Å². The van der Waals surface area contributed by atoms with E-state index in [2.05, 4.69) is 38.1 Å². The average Bonchev–Trinajstić information content (AvgIpc) is 2.64. The van der Waals surface area contributed by atoms with Crippen LogP contribution in [0.2, 0.25) is 0 Å². The van der Waals surface area contributed by atoms with Gasteiger partial charge in [-0.05, 0) is 19.1 Å². The van der Waals surface area contributed by atoms with Crippen LogP contribution in [0.15, 0.2) is 29.4 Å². The normalized spacial score (nSPS) is 15.0. The summed E-state index contributed by atoms with van der Waals surface area (Å²) in [5.41, 5.74) is 0. The number of hydrogen-bond donors (Lipinski definition) is 1. The van der Waals surface area contributed by atoms with Crippen molar-refractivity contribution in [3.8, 4) is 0 Å². The van der Waals surface area contributed by atoms with Gasteiger partial charge in [0.15, 0.2) is 5.96 Å². The Morgan fingerprint density at radius 3 is 2.64 bits per heavy atom. The number of aromatic nitrogens is 1. The molecule has 7 nitrogen and oxygen atoms in total. The average molecular weight is 463 g/mol. The van der Waals surface area contributed by atoms with Crippen LogP contribution in [-0.4, -0.2) is 82.0 Å². The number of pyridine rings is 1. The molecule has 1 N–H and O–H groups in total. The van der Waals surface area contributed by atoms with E-state index in [0.29, 0.717) is 26.4 Å². The summed E-state index contributed by atoms with van der Waals surface area (Å²) in [6, 6.07) is 6.04. The van der Waals surface area contributed by atoms with Crippen LogP contribution in [0.4, 0.5) is 5.82 Å². The highest BCUT2D eigenvalue weighted by Crippen LogP contribution is 2.12. The number of rotatable bonds is 8. The summed E-state index contributed by atoms with van der Waals surface area (Å²) in [4.78, 5) is 13.7. The minimum absolute atomic E-state index is 0. The minimum Gasteiger partial charge on any atom is -0.382 e. The number of hydrogen-bond acceptors (Lipinski definition) is 5. The molecular weight excluding hydrogens is 433 g/mol. The zero-order valence-corrected chi connectivity index (χ0v) is 17.5. The van der Waals surface area contributed by atoms with Crippen LogP contribution >= 0.6 is 24.0 Å². The Morgan fingerprint density at radius 2 is 2.00 bits per heavy atom. The molecule has 1 aromatic heterocycles. The predicted octanol–water partition coefficient (Wildman–Crippen LogP) is 1.45. The van der Waals surface area contributed by atoms with E-state index in [9.17, 15) is 0 Å². The van der Waals surface area contributed by atoms with E-state index in [0.717, 1.165) is 44.5 Å². The van der Waals surface area contributed by atoms with Crippen molar-refractivity contribution < 1.29 is 9.47 Å². The van der Waals surface area contributed by atoms with Crippen molar-refractivity contribution in [2.24, 2.45) is 4.99 Å². The number of piperazine rings is 1. The van der Waals surface area contributed by atoms with Gasteiger partial charge in [0, 0.05) is 46.0 Å². The molecule has 1 aliphatic rings. The van der Waals surface area contributed by atoms with E-state index in [4.69, 9.17) is 9.47 Å². The summed E-state index contributed by atoms with van der Waals surface area (Å²) in [7, 11) is 1.68. The Labute approximate surface area is 167 Å². The van der Waals surface area contributed by atoms with Gasteiger partial charge in [-0.3, -0.25) is 4.99 Å². The van der Waals surface area contributed by atoms with E-state index in [1.54, 1.807) is 7.11 Å². The molecule has 0 bridgehead atoms. The van der Waals surface area contributed by atoms with Gasteiger partial charge in [-0.15, -0.1) is 24.0 Å². The Kier molecular flexibility index (Phi) is 11.5. The van der Waals surface area contributed by atoms with Gasteiger partial charge in [0.2, 0.25) is 0 Å². The molecule has 0 saturated carbocycles. The van der Waals surface area contributed by atoms with E-state index >= 15 is 0 Å². The maximum Gasteiger partial charge on any atom is 0.194 e. The first-order chi connectivity index (χ1) is 11.8. The third-order valence-electron chi connectivity index (χ3n) is 3.82. The third-order valence-corrected chi connectivity index (χ3v) is 3.82. The lowest BCUT2D eigenvalue weighted by Crippen LogP contribution is -2.52. The topological polar surface area (TPSA) is 62.2 Å². The third kappa shape index (κ3) is 7.74. The molecule has 1 aromatic rings. The summed E-state index contributed by atoms with van der Waals surface area (Å²) in [6.07, 6.45) is 1.84. The molecule has 0 aromatic carbocycles. The van der Waals surface area contributed by atoms with Gasteiger partial charge in [0.25, 0.3) is 0 Å². The summed E-state index contributed by atoms with van der Waals surface area (Å²) >= 11 is 0. The molecule has 0 spiro atoms. The van der Waals surface area contributed by atoms with E-state index in [1.807, 2.05) is 18.3 Å². The van der Waals surface area contributed by atoms with Gasteiger partial charge < -0.3 is 24.6 Å². The van der Waals surface area contributed by atoms with Crippen LogP contribution < -0.4 is 10.2 Å². The highest BCUT2D eigenvalue weighted by atomic mass is 127. The Morgan fingerprint density at radius 1 is 1.20 bits per heavy atom. The molecule has 1 saturated heterocycles. The monoisotopic (exact) mass is 463 g/mol. The largest absolute Gasteiger partial charge is 0.382 e. The van der Waals surface area contributed by atoms with E-state index < -0.39 is 0 Å². The van der Waals surface area contributed by atoms with Gasteiger partial charge in [-0.25, -0.2) is 4.98 Å². The lowest BCUT2D eigenvalue weighted by molar-refractivity contribution is 0.0747. The predicted molar refractivity (Wildman–Crippen MR) is 112 cm³/mol. The first kappa shape index (κ1) is 21.9. The fourth-order valence-corrected chi connectivity index (χ4v) is 2.57. The van der Waals surface area contributed by atoms with Crippen LogP contribution in [0.25, 0.3) is 0 Å². The molecular formula is C17H30IN5O2. The summed E-state index contributed by atoms with van der Waals surface area (Å²) < 4.78 is 10.4. The Hall–Kier alpha value is -1.13. The Bertz CT molecular complexity index is 481. The molecule has 0 aliphatic carbocycles. The number of aliphatic imine (C=N–C) groups is 1. The molecule has 0 atom stereocenters. The first-order valence-corrected chi connectivity index (χ1v) is 8.61. The summed E-state index contributed by atoms with van der Waals surface area (Å²) in [5, 5.41) is 3.37. The van der Waals surface area contributed by atoms with Crippen molar-refractivity contribution in [1.29, 1.82) is 0 Å². The van der Waals surface area contributed by atoms with Crippen LogP contribution in [0.5, 0.6) is 0 Å². The number of guanidine groups is 1. The maximum absolute atomic E-state index is 5.47. The van der Waals surface area contributed by atoms with Crippen molar-refractivity contribution in [1.82, 2.24) is 15.2 Å². The highest BCUT2D eigenvalue weighted by molar-refractivity contribution is 14.0. The number of nitrogens with one attached hydrogen (secondary N) is 1. The van der Waals surface area contributed by atoms with Gasteiger partial charge in [-0.2, -0.15) is 0 Å². The molecule has 25 heavy (non-hydrogen) atoms. The summed E-state index contributed by atoms with van der Waals surface area (Å²) in [5.74, 6) is 2.01. The fourth-order valence-electron chi connectivity index (χ4n) is 2.57. The molecule has 1 aliphatic heterocycles. The van der Waals surface area contributed by atoms with Gasteiger partial charge in [-0.1, -0.05) is 6.07 Å². The van der Waals surface area contributed by atoms with Crippen LogP contribution in [-0.2, 0) is 9.47 Å². The smallest absolute Gasteiger partial charge is 0.194 e. The first-order valence-electron chi connectivity index (χ1n) is 8.61. The number of anilines is 1. The molecule has 0 unspecified atom stereocenters. The van der Waals surface area contributed by atoms with Crippen LogP contribution in [0, 0.1) is 0 Å². The van der Waals surface area contributed by atoms with Crippen LogP contribution in [0.3, 0.4) is 0 Å². The van der Waals surface area contributed by atoms with Crippen molar-refractivity contribution in [2.75, 3.05) is 71.1 Å². The van der Waals surface area contributed by atoms with Crippen molar-refractivity contribution in [2.45, 2.75) is 6.92 Å². The second kappa shape index (κ2) is 13.1. The fraction of sp³-hybridized carbons (Fsp3) is 0.647.